The van der Waals surface area contributed by atoms with Crippen LogP contribution in [0.3, 0.4) is 0 Å². The van der Waals surface area contributed by atoms with E-state index in [2.05, 4.69) is 15.3 Å². The van der Waals surface area contributed by atoms with Gasteiger partial charge in [0.25, 0.3) is 0 Å². The standard InChI is InChI=1S/C20H20N4O3S/c1-28(26,27)19-6-4-18(5-7-19)23-20(25)24(14-16-8-11-21-12-9-16)15-17-3-2-10-22-13-17/h2-13H,14-15H2,1H3,(H,23,25). The smallest absolute Gasteiger partial charge is 0.316 e. The van der Waals surface area contributed by atoms with Gasteiger partial charge in [-0.2, -0.15) is 0 Å². The third kappa shape index (κ3) is 5.37. The van der Waals surface area contributed by atoms with Crippen LogP contribution in [-0.2, 0) is 22.9 Å². The number of nitrogens with one attached hydrogen (secondary N) is 1. The second-order valence-electron chi connectivity index (χ2n) is 6.30. The molecule has 0 aliphatic heterocycles. The van der Waals surface area contributed by atoms with Gasteiger partial charge in [0.05, 0.1) is 4.90 Å². The number of anilines is 1. The van der Waals surface area contributed by atoms with Crippen LogP contribution in [0.15, 0.2) is 78.2 Å². The molecule has 144 valence electrons. The lowest BCUT2D eigenvalue weighted by atomic mass is 10.2. The number of hydrogen-bond acceptors (Lipinski definition) is 5. The highest BCUT2D eigenvalue weighted by Gasteiger charge is 2.16. The van der Waals surface area contributed by atoms with E-state index in [1.807, 2.05) is 24.3 Å². The molecule has 3 aromatic rings. The molecule has 0 atom stereocenters. The minimum Gasteiger partial charge on any atom is -0.316 e. The van der Waals surface area contributed by atoms with Gasteiger partial charge >= 0.3 is 6.03 Å². The number of hydrogen-bond donors (Lipinski definition) is 1. The van der Waals surface area contributed by atoms with Crippen molar-refractivity contribution in [1.82, 2.24) is 14.9 Å². The molecule has 1 aromatic carbocycles. The average Bonchev–Trinajstić information content (AvgIpc) is 2.69. The molecular formula is C20H20N4O3S. The van der Waals surface area contributed by atoms with E-state index in [1.165, 1.54) is 12.1 Å². The predicted molar refractivity (Wildman–Crippen MR) is 106 cm³/mol. The van der Waals surface area contributed by atoms with Gasteiger partial charge < -0.3 is 10.2 Å². The van der Waals surface area contributed by atoms with Crippen LogP contribution in [-0.4, -0.2) is 35.6 Å². The summed E-state index contributed by atoms with van der Waals surface area (Å²) in [6.07, 6.45) is 7.90. The van der Waals surface area contributed by atoms with Crippen molar-refractivity contribution in [3.05, 3.63) is 84.4 Å². The summed E-state index contributed by atoms with van der Waals surface area (Å²) in [4.78, 5) is 22.8. The number of rotatable bonds is 6. The quantitative estimate of drug-likeness (QED) is 0.691. The highest BCUT2D eigenvalue weighted by Crippen LogP contribution is 2.16. The van der Waals surface area contributed by atoms with Crippen molar-refractivity contribution in [2.24, 2.45) is 0 Å². The molecule has 0 saturated heterocycles. The molecule has 0 bridgehead atoms. The maximum atomic E-state index is 12.9. The lowest BCUT2D eigenvalue weighted by molar-refractivity contribution is 0.206. The number of urea groups is 1. The Morgan fingerprint density at radius 1 is 0.929 bits per heavy atom. The van der Waals surface area contributed by atoms with Crippen molar-refractivity contribution in [1.29, 1.82) is 0 Å². The van der Waals surface area contributed by atoms with E-state index in [1.54, 1.807) is 41.8 Å². The van der Waals surface area contributed by atoms with Crippen LogP contribution in [0.5, 0.6) is 0 Å². The van der Waals surface area contributed by atoms with Gasteiger partial charge in [-0.15, -0.1) is 0 Å². The summed E-state index contributed by atoms with van der Waals surface area (Å²) < 4.78 is 23.1. The Hall–Kier alpha value is -3.26. The van der Waals surface area contributed by atoms with E-state index in [0.29, 0.717) is 18.8 Å². The molecule has 2 amide bonds. The van der Waals surface area contributed by atoms with Crippen LogP contribution in [0.2, 0.25) is 0 Å². The first-order valence-electron chi connectivity index (χ1n) is 8.56. The zero-order valence-corrected chi connectivity index (χ0v) is 16.1. The highest BCUT2D eigenvalue weighted by atomic mass is 32.2. The first-order valence-corrected chi connectivity index (χ1v) is 10.4. The van der Waals surface area contributed by atoms with E-state index < -0.39 is 9.84 Å². The lowest BCUT2D eigenvalue weighted by Crippen LogP contribution is -2.34. The molecule has 0 spiro atoms. The van der Waals surface area contributed by atoms with E-state index in [4.69, 9.17) is 0 Å². The van der Waals surface area contributed by atoms with Gasteiger partial charge in [-0.3, -0.25) is 9.97 Å². The number of aromatic nitrogens is 2. The number of pyridine rings is 2. The van der Waals surface area contributed by atoms with Crippen molar-refractivity contribution in [2.45, 2.75) is 18.0 Å². The van der Waals surface area contributed by atoms with Crippen molar-refractivity contribution < 1.29 is 13.2 Å². The van der Waals surface area contributed by atoms with Crippen LogP contribution in [0.4, 0.5) is 10.5 Å². The Morgan fingerprint density at radius 2 is 1.61 bits per heavy atom. The highest BCUT2D eigenvalue weighted by molar-refractivity contribution is 7.90. The average molecular weight is 396 g/mol. The van der Waals surface area contributed by atoms with Crippen LogP contribution >= 0.6 is 0 Å². The Balaban J connectivity index is 1.77. The van der Waals surface area contributed by atoms with Crippen LogP contribution in [0, 0.1) is 0 Å². The largest absolute Gasteiger partial charge is 0.322 e. The molecule has 0 fully saturated rings. The molecule has 1 N–H and O–H groups in total. The van der Waals surface area contributed by atoms with Crippen molar-refractivity contribution in [3.63, 3.8) is 0 Å². The van der Waals surface area contributed by atoms with E-state index in [0.717, 1.165) is 17.4 Å². The van der Waals surface area contributed by atoms with Crippen LogP contribution in [0.25, 0.3) is 0 Å². The molecule has 0 aliphatic carbocycles. The molecule has 8 heteroatoms. The Morgan fingerprint density at radius 3 is 2.21 bits per heavy atom. The molecule has 0 aliphatic rings. The summed E-state index contributed by atoms with van der Waals surface area (Å²) in [7, 11) is -3.28. The zero-order chi connectivity index (χ0) is 20.0. The number of carbonyl (C=O) groups excluding carboxylic acids is 1. The van der Waals surface area contributed by atoms with E-state index in [9.17, 15) is 13.2 Å². The minimum absolute atomic E-state index is 0.203. The molecule has 0 radical (unpaired) electrons. The van der Waals surface area contributed by atoms with Gasteiger partial charge in [0, 0.05) is 49.8 Å². The van der Waals surface area contributed by atoms with Gasteiger partial charge in [-0.1, -0.05) is 6.07 Å². The first-order chi connectivity index (χ1) is 13.4. The maximum Gasteiger partial charge on any atom is 0.322 e. The molecule has 0 unspecified atom stereocenters. The summed E-state index contributed by atoms with van der Waals surface area (Å²) in [5.41, 5.74) is 2.36. The third-order valence-corrected chi connectivity index (χ3v) is 5.17. The van der Waals surface area contributed by atoms with Crippen LogP contribution in [0.1, 0.15) is 11.1 Å². The summed E-state index contributed by atoms with van der Waals surface area (Å²) in [6.45, 7) is 0.772. The first kappa shape index (κ1) is 19.5. The molecule has 7 nitrogen and oxygen atoms in total. The Bertz CT molecular complexity index is 983. The second-order valence-corrected chi connectivity index (χ2v) is 8.32. The van der Waals surface area contributed by atoms with Crippen molar-refractivity contribution in [2.75, 3.05) is 11.6 Å². The lowest BCUT2D eigenvalue weighted by Gasteiger charge is -2.23. The molecule has 0 saturated carbocycles. The topological polar surface area (TPSA) is 92.3 Å². The summed E-state index contributed by atoms with van der Waals surface area (Å²) in [6, 6.07) is 13.2. The number of benzene rings is 1. The normalized spacial score (nSPS) is 11.0. The number of nitrogens with zero attached hydrogens (tertiary/aromatic N) is 3. The maximum absolute atomic E-state index is 12.9. The molecular weight excluding hydrogens is 376 g/mol. The molecule has 28 heavy (non-hydrogen) atoms. The number of amides is 2. The Kier molecular flexibility index (Phi) is 6.00. The third-order valence-electron chi connectivity index (χ3n) is 4.04. The predicted octanol–water partition coefficient (Wildman–Crippen LogP) is 3.11. The molecule has 2 heterocycles. The van der Waals surface area contributed by atoms with Crippen molar-refractivity contribution in [3.8, 4) is 0 Å². The fourth-order valence-electron chi connectivity index (χ4n) is 2.61. The van der Waals surface area contributed by atoms with Crippen molar-refractivity contribution >= 4 is 21.6 Å². The number of carbonyl (C=O) groups is 1. The van der Waals surface area contributed by atoms with Gasteiger partial charge in [0.1, 0.15) is 0 Å². The fourth-order valence-corrected chi connectivity index (χ4v) is 3.24. The molecule has 3 rings (SSSR count). The van der Waals surface area contributed by atoms with Gasteiger partial charge in [0.2, 0.25) is 0 Å². The summed E-state index contributed by atoms with van der Waals surface area (Å²) >= 11 is 0. The number of sulfone groups is 1. The summed E-state index contributed by atoms with van der Waals surface area (Å²) in [5, 5.41) is 2.82. The SMILES string of the molecule is CS(=O)(=O)c1ccc(NC(=O)N(Cc2ccncc2)Cc2cccnc2)cc1. The molecule has 2 aromatic heterocycles. The summed E-state index contributed by atoms with van der Waals surface area (Å²) in [5.74, 6) is 0. The zero-order valence-electron chi connectivity index (χ0n) is 15.3. The monoisotopic (exact) mass is 396 g/mol. The van der Waals surface area contributed by atoms with Gasteiger partial charge in [-0.25, -0.2) is 13.2 Å². The Labute approximate surface area is 164 Å². The van der Waals surface area contributed by atoms with E-state index >= 15 is 0 Å². The van der Waals surface area contributed by atoms with Gasteiger partial charge in [0.15, 0.2) is 9.84 Å². The van der Waals surface area contributed by atoms with Gasteiger partial charge in [-0.05, 0) is 53.6 Å². The fraction of sp³-hybridized carbons (Fsp3) is 0.150. The minimum atomic E-state index is -3.28. The van der Waals surface area contributed by atoms with E-state index in [-0.39, 0.29) is 10.9 Å². The van der Waals surface area contributed by atoms with Crippen LogP contribution < -0.4 is 5.32 Å². The second kappa shape index (κ2) is 8.62.